The van der Waals surface area contributed by atoms with E-state index in [-0.39, 0.29) is 0 Å². The van der Waals surface area contributed by atoms with E-state index < -0.39 is 0 Å². The van der Waals surface area contributed by atoms with Crippen LogP contribution in [0, 0.1) is 0 Å². The van der Waals surface area contributed by atoms with Gasteiger partial charge in [0.25, 0.3) is 0 Å². The van der Waals surface area contributed by atoms with Gasteiger partial charge in [0.2, 0.25) is 0 Å². The van der Waals surface area contributed by atoms with Crippen molar-refractivity contribution in [1.82, 2.24) is 0 Å². The Balaban J connectivity index is 2.59. The van der Waals surface area contributed by atoms with Crippen molar-refractivity contribution in [2.75, 3.05) is 0 Å². The molecule has 0 N–H and O–H groups in total. The minimum absolute atomic E-state index is 0.295. The van der Waals surface area contributed by atoms with Crippen LogP contribution in [0.15, 0.2) is 24.3 Å². The molecule has 0 radical (unpaired) electrons. The maximum atomic E-state index is 4.24. The number of allylic oxidation sites excluding steroid dienone is 2. The van der Waals surface area contributed by atoms with Gasteiger partial charge in [0.1, 0.15) is 0 Å². The zero-order chi connectivity index (χ0) is 5.98. The summed E-state index contributed by atoms with van der Waals surface area (Å²) in [6.07, 6.45) is 8.04. The first kappa shape index (κ1) is 6.30. The lowest BCUT2D eigenvalue weighted by Crippen LogP contribution is -2.10. The Morgan fingerprint density at radius 3 is 1.50 bits per heavy atom. The molecule has 0 aromatic carbocycles. The summed E-state index contributed by atoms with van der Waals surface area (Å²) in [5.74, 6) is 0. The number of rotatable bonds is 0. The van der Waals surface area contributed by atoms with Crippen LogP contribution in [0.1, 0.15) is 0 Å². The van der Waals surface area contributed by atoms with Crippen molar-refractivity contribution in [3.8, 4) is 0 Å². The standard InChI is InChI=1S/C6H8S2/c7-5-3-1-2-4-6(5)8/h1-8H. The van der Waals surface area contributed by atoms with Crippen molar-refractivity contribution in [2.24, 2.45) is 0 Å². The van der Waals surface area contributed by atoms with E-state index in [1.807, 2.05) is 24.3 Å². The molecule has 8 heavy (non-hydrogen) atoms. The smallest absolute Gasteiger partial charge is 0.0351 e. The third kappa shape index (κ3) is 1.33. The molecule has 0 aromatic heterocycles. The predicted molar refractivity (Wildman–Crippen MR) is 43.8 cm³/mol. The van der Waals surface area contributed by atoms with Crippen molar-refractivity contribution in [3.05, 3.63) is 24.3 Å². The summed E-state index contributed by atoms with van der Waals surface area (Å²) in [5, 5.41) is 0.590. The summed E-state index contributed by atoms with van der Waals surface area (Å²) in [6, 6.07) is 0. The fourth-order valence-corrected chi connectivity index (χ4v) is 0.981. The second kappa shape index (κ2) is 2.65. The summed E-state index contributed by atoms with van der Waals surface area (Å²) < 4.78 is 0. The average Bonchev–Trinajstić information content (AvgIpc) is 1.77. The van der Waals surface area contributed by atoms with Crippen LogP contribution in [0.2, 0.25) is 0 Å². The highest BCUT2D eigenvalue weighted by molar-refractivity contribution is 7.85. The van der Waals surface area contributed by atoms with E-state index in [0.29, 0.717) is 10.5 Å². The van der Waals surface area contributed by atoms with E-state index in [2.05, 4.69) is 25.3 Å². The van der Waals surface area contributed by atoms with E-state index in [0.717, 1.165) is 0 Å². The third-order valence-electron chi connectivity index (χ3n) is 1.08. The van der Waals surface area contributed by atoms with Crippen LogP contribution >= 0.6 is 25.3 Å². The molecular weight excluding hydrogens is 136 g/mol. The molecule has 0 bridgehead atoms. The molecule has 44 valence electrons. The van der Waals surface area contributed by atoms with Crippen LogP contribution in [0.25, 0.3) is 0 Å². The summed E-state index contributed by atoms with van der Waals surface area (Å²) in [6.45, 7) is 0. The van der Waals surface area contributed by atoms with Crippen molar-refractivity contribution in [2.45, 2.75) is 10.5 Å². The lowest BCUT2D eigenvalue weighted by molar-refractivity contribution is 1.09. The molecule has 2 unspecified atom stereocenters. The molecule has 0 spiro atoms. The minimum Gasteiger partial charge on any atom is -0.170 e. The number of hydrogen-bond acceptors (Lipinski definition) is 2. The van der Waals surface area contributed by atoms with Gasteiger partial charge < -0.3 is 0 Å². The first-order valence-corrected chi connectivity index (χ1v) is 3.55. The van der Waals surface area contributed by atoms with Gasteiger partial charge in [-0.3, -0.25) is 0 Å². The molecule has 0 nitrogen and oxygen atoms in total. The van der Waals surface area contributed by atoms with Gasteiger partial charge >= 0.3 is 0 Å². The van der Waals surface area contributed by atoms with E-state index in [1.54, 1.807) is 0 Å². The molecule has 0 aliphatic heterocycles. The first-order chi connectivity index (χ1) is 3.80. The third-order valence-corrected chi connectivity index (χ3v) is 2.30. The zero-order valence-corrected chi connectivity index (χ0v) is 6.15. The largest absolute Gasteiger partial charge is 0.170 e. The first-order valence-electron chi connectivity index (χ1n) is 2.52. The topological polar surface area (TPSA) is 0 Å². The maximum absolute atomic E-state index is 4.24. The van der Waals surface area contributed by atoms with Gasteiger partial charge in [-0.25, -0.2) is 0 Å². The van der Waals surface area contributed by atoms with E-state index in [1.165, 1.54) is 0 Å². The average molecular weight is 144 g/mol. The van der Waals surface area contributed by atoms with Crippen LogP contribution in [0.3, 0.4) is 0 Å². The van der Waals surface area contributed by atoms with Crippen molar-refractivity contribution in [3.63, 3.8) is 0 Å². The molecule has 1 rings (SSSR count). The van der Waals surface area contributed by atoms with Gasteiger partial charge in [0.15, 0.2) is 0 Å². The Hall–Kier alpha value is 0.180. The Bertz CT molecular complexity index is 110. The summed E-state index contributed by atoms with van der Waals surface area (Å²) in [7, 11) is 0. The lowest BCUT2D eigenvalue weighted by Gasteiger charge is -2.11. The molecule has 0 saturated heterocycles. The predicted octanol–water partition coefficient (Wildman–Crippen LogP) is 1.71. The highest BCUT2D eigenvalue weighted by atomic mass is 32.1. The van der Waals surface area contributed by atoms with Crippen molar-refractivity contribution >= 4 is 25.3 Å². The highest BCUT2D eigenvalue weighted by Crippen LogP contribution is 2.15. The SMILES string of the molecule is SC1C=CC=CC1S. The van der Waals surface area contributed by atoms with Crippen LogP contribution in [0.5, 0.6) is 0 Å². The number of thiol groups is 2. The fourth-order valence-electron chi connectivity index (χ4n) is 0.584. The second-order valence-corrected chi connectivity index (χ2v) is 2.94. The Kier molecular flexibility index (Phi) is 2.08. The molecule has 1 aliphatic carbocycles. The van der Waals surface area contributed by atoms with Gasteiger partial charge in [-0.2, -0.15) is 25.3 Å². The summed E-state index contributed by atoms with van der Waals surface area (Å²) >= 11 is 8.48. The highest BCUT2D eigenvalue weighted by Gasteiger charge is 2.07. The van der Waals surface area contributed by atoms with Crippen molar-refractivity contribution < 1.29 is 0 Å². The minimum atomic E-state index is 0.295. The Morgan fingerprint density at radius 2 is 1.25 bits per heavy atom. The van der Waals surface area contributed by atoms with Crippen LogP contribution in [-0.2, 0) is 0 Å². The van der Waals surface area contributed by atoms with Gasteiger partial charge in [0.05, 0.1) is 0 Å². The monoisotopic (exact) mass is 144 g/mol. The fraction of sp³-hybridized carbons (Fsp3) is 0.333. The Labute approximate surface area is 60.5 Å². The van der Waals surface area contributed by atoms with E-state index in [9.17, 15) is 0 Å². The maximum Gasteiger partial charge on any atom is 0.0351 e. The molecule has 0 saturated carbocycles. The molecular formula is C6H8S2. The zero-order valence-electron chi connectivity index (χ0n) is 4.36. The quantitative estimate of drug-likeness (QED) is 0.475. The Morgan fingerprint density at radius 1 is 0.875 bits per heavy atom. The van der Waals surface area contributed by atoms with Gasteiger partial charge in [-0.15, -0.1) is 0 Å². The molecule has 0 heterocycles. The van der Waals surface area contributed by atoms with Gasteiger partial charge in [0, 0.05) is 10.5 Å². The second-order valence-electron chi connectivity index (χ2n) is 1.75. The van der Waals surface area contributed by atoms with Gasteiger partial charge in [-0.05, 0) is 0 Å². The number of hydrogen-bond donors (Lipinski definition) is 2. The van der Waals surface area contributed by atoms with E-state index >= 15 is 0 Å². The molecule has 0 amide bonds. The molecule has 2 heteroatoms. The summed E-state index contributed by atoms with van der Waals surface area (Å²) in [5.41, 5.74) is 0. The molecule has 2 atom stereocenters. The van der Waals surface area contributed by atoms with Crippen molar-refractivity contribution in [1.29, 1.82) is 0 Å². The normalized spacial score (nSPS) is 35.8. The molecule has 0 aromatic rings. The van der Waals surface area contributed by atoms with Crippen LogP contribution < -0.4 is 0 Å². The van der Waals surface area contributed by atoms with Crippen LogP contribution in [-0.4, -0.2) is 10.5 Å². The molecule has 1 aliphatic rings. The van der Waals surface area contributed by atoms with E-state index in [4.69, 9.17) is 0 Å². The molecule has 0 fully saturated rings. The summed E-state index contributed by atoms with van der Waals surface area (Å²) in [4.78, 5) is 0. The van der Waals surface area contributed by atoms with Gasteiger partial charge in [-0.1, -0.05) is 24.3 Å². The lowest BCUT2D eigenvalue weighted by atomic mass is 10.2. The van der Waals surface area contributed by atoms with Crippen LogP contribution in [0.4, 0.5) is 0 Å².